The molecule has 4 rings (SSSR count). The van der Waals surface area contributed by atoms with Crippen molar-refractivity contribution in [2.24, 2.45) is 11.7 Å². The van der Waals surface area contributed by atoms with Gasteiger partial charge in [-0.1, -0.05) is 6.92 Å². The highest BCUT2D eigenvalue weighted by Gasteiger charge is 2.41. The van der Waals surface area contributed by atoms with E-state index in [4.69, 9.17) is 15.2 Å². The smallest absolute Gasteiger partial charge is 0.188 e. The molecule has 1 aromatic heterocycles. The fraction of sp³-hybridized carbons (Fsp3) is 0.591. The Morgan fingerprint density at radius 3 is 3.00 bits per heavy atom. The molecule has 1 fully saturated rings. The number of nitrogens with one attached hydrogen (secondary N) is 1. The van der Waals surface area contributed by atoms with Crippen molar-refractivity contribution < 1.29 is 9.47 Å². The molecular weight excluding hydrogens is 366 g/mol. The molecule has 158 valence electrons. The van der Waals surface area contributed by atoms with Gasteiger partial charge in [-0.25, -0.2) is 0 Å². The standard InChI is InChI=1S/C22H33N5O2/c1-4-9-27-21-18-11-17(29-14-16-6-5-10-26(2)13-16)7-8-19(18)24-12-20(21)25-22(27,23)15-28-3/h7-8,11-12,16,25H,4-6,9-10,13-15,23H2,1-3H3. The van der Waals surface area contributed by atoms with Gasteiger partial charge < -0.3 is 24.6 Å². The molecule has 2 unspecified atom stereocenters. The zero-order valence-electron chi connectivity index (χ0n) is 17.8. The van der Waals surface area contributed by atoms with Crippen molar-refractivity contribution in [3.05, 3.63) is 24.4 Å². The number of likely N-dealkylation sites (tertiary alicyclic amines) is 1. The van der Waals surface area contributed by atoms with Gasteiger partial charge in [0.25, 0.3) is 0 Å². The van der Waals surface area contributed by atoms with Crippen LogP contribution in [0.3, 0.4) is 0 Å². The summed E-state index contributed by atoms with van der Waals surface area (Å²) in [7, 11) is 3.86. The summed E-state index contributed by atoms with van der Waals surface area (Å²) in [5.74, 6) is 0.700. The van der Waals surface area contributed by atoms with Crippen LogP contribution < -0.4 is 20.7 Å². The molecule has 3 heterocycles. The van der Waals surface area contributed by atoms with Crippen LogP contribution in [-0.4, -0.2) is 62.7 Å². The van der Waals surface area contributed by atoms with E-state index in [-0.39, 0.29) is 0 Å². The lowest BCUT2D eigenvalue weighted by Crippen LogP contribution is -2.61. The van der Waals surface area contributed by atoms with E-state index in [1.165, 1.54) is 19.4 Å². The van der Waals surface area contributed by atoms with Crippen molar-refractivity contribution in [1.82, 2.24) is 9.88 Å². The second kappa shape index (κ2) is 8.34. The quantitative estimate of drug-likeness (QED) is 0.741. The van der Waals surface area contributed by atoms with Gasteiger partial charge in [-0.2, -0.15) is 0 Å². The van der Waals surface area contributed by atoms with Gasteiger partial charge in [0.15, 0.2) is 5.79 Å². The number of fused-ring (bicyclic) bond motifs is 3. The zero-order chi connectivity index (χ0) is 20.4. The van der Waals surface area contributed by atoms with E-state index in [0.29, 0.717) is 12.5 Å². The number of anilines is 2. The van der Waals surface area contributed by atoms with Crippen LogP contribution in [0.2, 0.25) is 0 Å². The molecule has 2 atom stereocenters. The number of hydrogen-bond acceptors (Lipinski definition) is 7. The predicted molar refractivity (Wildman–Crippen MR) is 118 cm³/mol. The van der Waals surface area contributed by atoms with E-state index >= 15 is 0 Å². The summed E-state index contributed by atoms with van der Waals surface area (Å²) in [4.78, 5) is 9.22. The van der Waals surface area contributed by atoms with Gasteiger partial charge in [0.1, 0.15) is 12.4 Å². The molecule has 3 N–H and O–H groups in total. The Hall–Kier alpha value is -2.09. The molecule has 0 amide bonds. The topological polar surface area (TPSA) is 75.9 Å². The SMILES string of the molecule is CCCN1c2c(cnc3ccc(OCC4CCCN(C)C4)cc23)NC1(N)COC. The summed E-state index contributed by atoms with van der Waals surface area (Å²) in [5, 5.41) is 4.48. The summed E-state index contributed by atoms with van der Waals surface area (Å²) in [6.07, 6.45) is 5.33. The number of pyridine rings is 1. The van der Waals surface area contributed by atoms with Crippen molar-refractivity contribution in [3.8, 4) is 5.75 Å². The number of hydrogen-bond donors (Lipinski definition) is 2. The Bertz CT molecular complexity index is 860. The molecule has 0 spiro atoms. The highest BCUT2D eigenvalue weighted by atomic mass is 16.5. The number of piperidine rings is 1. The summed E-state index contributed by atoms with van der Waals surface area (Å²) < 4.78 is 11.6. The molecule has 7 heteroatoms. The maximum atomic E-state index is 6.67. The molecule has 29 heavy (non-hydrogen) atoms. The second-order valence-corrected chi connectivity index (χ2v) is 8.41. The Labute approximate surface area is 173 Å². The van der Waals surface area contributed by atoms with Crippen molar-refractivity contribution in [3.63, 3.8) is 0 Å². The highest BCUT2D eigenvalue weighted by Crippen LogP contribution is 2.43. The first-order valence-corrected chi connectivity index (χ1v) is 10.6. The average Bonchev–Trinajstić information content (AvgIpc) is 2.99. The van der Waals surface area contributed by atoms with E-state index in [2.05, 4.69) is 40.1 Å². The first-order chi connectivity index (χ1) is 14.0. The van der Waals surface area contributed by atoms with Crippen molar-refractivity contribution in [2.75, 3.05) is 57.2 Å². The largest absolute Gasteiger partial charge is 0.493 e. The summed E-state index contributed by atoms with van der Waals surface area (Å²) in [6, 6.07) is 6.16. The van der Waals surface area contributed by atoms with Gasteiger partial charge in [-0.15, -0.1) is 0 Å². The molecule has 0 saturated carbocycles. The lowest BCUT2D eigenvalue weighted by atomic mass is 9.99. The number of benzene rings is 1. The Balaban J connectivity index is 1.62. The molecule has 7 nitrogen and oxygen atoms in total. The summed E-state index contributed by atoms with van der Waals surface area (Å²) in [5.41, 5.74) is 9.64. The van der Waals surface area contributed by atoms with Gasteiger partial charge >= 0.3 is 0 Å². The minimum atomic E-state index is -0.771. The fourth-order valence-electron chi connectivity index (χ4n) is 4.62. The normalized spacial score (nSPS) is 24.6. The van der Waals surface area contributed by atoms with Gasteiger partial charge in [0.05, 0.1) is 29.7 Å². The molecule has 1 saturated heterocycles. The first kappa shape index (κ1) is 20.2. The van der Waals surface area contributed by atoms with Gasteiger partial charge in [-0.05, 0) is 51.1 Å². The number of methoxy groups -OCH3 is 1. The highest BCUT2D eigenvalue weighted by molar-refractivity contribution is 6.01. The van der Waals surface area contributed by atoms with Crippen LogP contribution in [0.5, 0.6) is 5.75 Å². The van der Waals surface area contributed by atoms with E-state index in [9.17, 15) is 0 Å². The van der Waals surface area contributed by atoms with Crippen LogP contribution in [0, 0.1) is 5.92 Å². The monoisotopic (exact) mass is 399 g/mol. The Morgan fingerprint density at radius 1 is 1.38 bits per heavy atom. The minimum Gasteiger partial charge on any atom is -0.493 e. The van der Waals surface area contributed by atoms with E-state index < -0.39 is 5.79 Å². The maximum absolute atomic E-state index is 6.67. The minimum absolute atomic E-state index is 0.383. The molecule has 1 aromatic carbocycles. The maximum Gasteiger partial charge on any atom is 0.188 e. The third-order valence-corrected chi connectivity index (χ3v) is 5.93. The molecule has 0 radical (unpaired) electrons. The molecule has 2 aromatic rings. The van der Waals surface area contributed by atoms with Crippen LogP contribution in [0.1, 0.15) is 26.2 Å². The van der Waals surface area contributed by atoms with Crippen LogP contribution in [0.25, 0.3) is 10.9 Å². The Morgan fingerprint density at radius 2 is 2.24 bits per heavy atom. The fourth-order valence-corrected chi connectivity index (χ4v) is 4.62. The van der Waals surface area contributed by atoms with E-state index in [1.54, 1.807) is 7.11 Å². The van der Waals surface area contributed by atoms with Crippen molar-refractivity contribution >= 4 is 22.3 Å². The summed E-state index contributed by atoms with van der Waals surface area (Å²) >= 11 is 0. The van der Waals surface area contributed by atoms with Crippen LogP contribution in [-0.2, 0) is 4.74 Å². The lowest BCUT2D eigenvalue weighted by Gasteiger charge is -2.36. The molecule has 0 aliphatic carbocycles. The molecule has 2 aliphatic heterocycles. The molecule has 2 aliphatic rings. The number of ether oxygens (including phenoxy) is 2. The average molecular weight is 400 g/mol. The number of rotatable bonds is 7. The molecular formula is C22H33N5O2. The van der Waals surface area contributed by atoms with E-state index in [1.807, 2.05) is 18.3 Å². The third-order valence-electron chi connectivity index (χ3n) is 5.93. The second-order valence-electron chi connectivity index (χ2n) is 8.41. The number of aromatic nitrogens is 1. The van der Waals surface area contributed by atoms with Gasteiger partial charge in [0.2, 0.25) is 0 Å². The van der Waals surface area contributed by atoms with Crippen molar-refractivity contribution in [1.29, 1.82) is 0 Å². The van der Waals surface area contributed by atoms with Gasteiger partial charge in [0, 0.05) is 31.5 Å². The van der Waals surface area contributed by atoms with E-state index in [0.717, 1.165) is 54.1 Å². The van der Waals surface area contributed by atoms with Crippen LogP contribution >= 0.6 is 0 Å². The Kier molecular flexibility index (Phi) is 5.81. The molecule has 0 bridgehead atoms. The van der Waals surface area contributed by atoms with Crippen LogP contribution in [0.4, 0.5) is 11.4 Å². The summed E-state index contributed by atoms with van der Waals surface area (Å²) in [6.45, 7) is 6.41. The van der Waals surface area contributed by atoms with Gasteiger partial charge in [-0.3, -0.25) is 10.7 Å². The third kappa shape index (κ3) is 3.99. The van der Waals surface area contributed by atoms with Crippen molar-refractivity contribution in [2.45, 2.75) is 32.0 Å². The predicted octanol–water partition coefficient (Wildman–Crippen LogP) is 2.86. The number of nitrogens with zero attached hydrogens (tertiary/aromatic N) is 3. The number of nitrogens with two attached hydrogens (primary N) is 1. The first-order valence-electron chi connectivity index (χ1n) is 10.6. The lowest BCUT2D eigenvalue weighted by molar-refractivity contribution is 0.145. The zero-order valence-corrected chi connectivity index (χ0v) is 17.8. The van der Waals surface area contributed by atoms with Crippen LogP contribution in [0.15, 0.2) is 24.4 Å².